The standard InChI is InChI=1S/C15H21NO2/c1-11(13-6-4-3-5-7-13)8-16-9-12(2)14(10-16)15(17)18/h3-7,11-12,14H,8-10H2,1-2H3,(H,17,18)/t11?,12-,14-/m1/s1. The Balaban J connectivity index is 1.94. The first kappa shape index (κ1) is 13.1. The van der Waals surface area contributed by atoms with Crippen LogP contribution in [0, 0.1) is 11.8 Å². The summed E-state index contributed by atoms with van der Waals surface area (Å²) in [5.74, 6) is -0.151. The molecular formula is C15H21NO2. The van der Waals surface area contributed by atoms with E-state index in [-0.39, 0.29) is 11.8 Å². The molecule has 0 aromatic heterocycles. The molecule has 3 atom stereocenters. The molecule has 1 aliphatic heterocycles. The Labute approximate surface area is 108 Å². The molecule has 2 rings (SSSR count). The van der Waals surface area contributed by atoms with E-state index in [1.807, 2.05) is 13.0 Å². The number of carbonyl (C=O) groups is 1. The molecule has 3 heteroatoms. The molecule has 0 spiro atoms. The van der Waals surface area contributed by atoms with Gasteiger partial charge in [0.05, 0.1) is 5.92 Å². The Hall–Kier alpha value is -1.35. The number of benzene rings is 1. The summed E-state index contributed by atoms with van der Waals surface area (Å²) in [7, 11) is 0. The largest absolute Gasteiger partial charge is 0.481 e. The van der Waals surface area contributed by atoms with E-state index in [2.05, 4.69) is 36.1 Å². The minimum Gasteiger partial charge on any atom is -0.481 e. The number of aliphatic carboxylic acids is 1. The van der Waals surface area contributed by atoms with Crippen molar-refractivity contribution in [2.75, 3.05) is 19.6 Å². The van der Waals surface area contributed by atoms with Crippen molar-refractivity contribution in [1.82, 2.24) is 4.90 Å². The first-order valence-corrected chi connectivity index (χ1v) is 6.58. The van der Waals surface area contributed by atoms with Gasteiger partial charge >= 0.3 is 5.97 Å². The van der Waals surface area contributed by atoms with Gasteiger partial charge in [0.25, 0.3) is 0 Å². The Kier molecular flexibility index (Phi) is 4.02. The van der Waals surface area contributed by atoms with Crippen LogP contribution >= 0.6 is 0 Å². The second-order valence-electron chi connectivity index (χ2n) is 5.45. The van der Waals surface area contributed by atoms with Crippen LogP contribution in [0.1, 0.15) is 25.3 Å². The van der Waals surface area contributed by atoms with Crippen LogP contribution in [0.2, 0.25) is 0 Å². The highest BCUT2D eigenvalue weighted by molar-refractivity contribution is 5.71. The average molecular weight is 247 g/mol. The van der Waals surface area contributed by atoms with Crippen LogP contribution in [-0.2, 0) is 4.79 Å². The Bertz CT molecular complexity index is 404. The quantitative estimate of drug-likeness (QED) is 0.888. The SMILES string of the molecule is CC(CN1C[C@@H](C)[C@H](C(=O)O)C1)c1ccccc1. The van der Waals surface area contributed by atoms with Crippen LogP contribution in [-0.4, -0.2) is 35.6 Å². The molecule has 0 aliphatic carbocycles. The van der Waals surface area contributed by atoms with Crippen molar-refractivity contribution >= 4 is 5.97 Å². The van der Waals surface area contributed by atoms with Crippen molar-refractivity contribution < 1.29 is 9.90 Å². The molecular weight excluding hydrogens is 226 g/mol. The third-order valence-corrected chi connectivity index (χ3v) is 3.91. The summed E-state index contributed by atoms with van der Waals surface area (Å²) in [6.07, 6.45) is 0. The smallest absolute Gasteiger partial charge is 0.308 e. The lowest BCUT2D eigenvalue weighted by atomic mass is 9.99. The highest BCUT2D eigenvalue weighted by Crippen LogP contribution is 2.26. The van der Waals surface area contributed by atoms with Crippen LogP contribution in [0.25, 0.3) is 0 Å². The first-order chi connectivity index (χ1) is 8.58. The van der Waals surface area contributed by atoms with E-state index in [1.165, 1.54) is 5.56 Å². The van der Waals surface area contributed by atoms with Crippen molar-refractivity contribution in [2.24, 2.45) is 11.8 Å². The fourth-order valence-corrected chi connectivity index (χ4v) is 2.81. The molecule has 1 aliphatic rings. The Morgan fingerprint density at radius 2 is 2.06 bits per heavy atom. The van der Waals surface area contributed by atoms with Gasteiger partial charge in [-0.3, -0.25) is 4.79 Å². The zero-order valence-corrected chi connectivity index (χ0v) is 11.0. The van der Waals surface area contributed by atoms with Crippen LogP contribution < -0.4 is 0 Å². The highest BCUT2D eigenvalue weighted by atomic mass is 16.4. The molecule has 1 fully saturated rings. The lowest BCUT2D eigenvalue weighted by molar-refractivity contribution is -0.142. The molecule has 98 valence electrons. The van der Waals surface area contributed by atoms with Gasteiger partial charge in [0.1, 0.15) is 0 Å². The van der Waals surface area contributed by atoms with E-state index >= 15 is 0 Å². The van der Waals surface area contributed by atoms with Crippen molar-refractivity contribution in [2.45, 2.75) is 19.8 Å². The number of hydrogen-bond acceptors (Lipinski definition) is 2. The topological polar surface area (TPSA) is 40.5 Å². The molecule has 1 heterocycles. The first-order valence-electron chi connectivity index (χ1n) is 6.58. The summed E-state index contributed by atoms with van der Waals surface area (Å²) in [4.78, 5) is 13.4. The fraction of sp³-hybridized carbons (Fsp3) is 0.533. The minimum absolute atomic E-state index is 0.201. The summed E-state index contributed by atoms with van der Waals surface area (Å²) in [5, 5.41) is 9.13. The van der Waals surface area contributed by atoms with E-state index in [4.69, 9.17) is 5.11 Å². The zero-order valence-electron chi connectivity index (χ0n) is 11.0. The average Bonchev–Trinajstić information content (AvgIpc) is 2.71. The van der Waals surface area contributed by atoms with E-state index < -0.39 is 5.97 Å². The van der Waals surface area contributed by atoms with E-state index in [0.717, 1.165) is 13.1 Å². The summed E-state index contributed by atoms with van der Waals surface area (Å²) in [6, 6.07) is 10.4. The number of carboxylic acids is 1. The number of carboxylic acid groups (broad SMARTS) is 1. The van der Waals surface area contributed by atoms with Gasteiger partial charge in [0.15, 0.2) is 0 Å². The predicted molar refractivity (Wildman–Crippen MR) is 71.6 cm³/mol. The lowest BCUT2D eigenvalue weighted by Crippen LogP contribution is -2.27. The molecule has 0 bridgehead atoms. The van der Waals surface area contributed by atoms with Crippen LogP contribution in [0.15, 0.2) is 30.3 Å². The van der Waals surface area contributed by atoms with Gasteiger partial charge in [-0.05, 0) is 17.4 Å². The highest BCUT2D eigenvalue weighted by Gasteiger charge is 2.34. The Morgan fingerprint density at radius 1 is 1.39 bits per heavy atom. The second kappa shape index (κ2) is 5.53. The number of hydrogen-bond donors (Lipinski definition) is 1. The number of nitrogens with zero attached hydrogens (tertiary/aromatic N) is 1. The zero-order chi connectivity index (χ0) is 13.1. The van der Waals surface area contributed by atoms with Gasteiger partial charge in [0, 0.05) is 19.6 Å². The van der Waals surface area contributed by atoms with Crippen molar-refractivity contribution in [3.8, 4) is 0 Å². The number of rotatable bonds is 4. The van der Waals surface area contributed by atoms with Gasteiger partial charge in [-0.1, -0.05) is 44.2 Å². The van der Waals surface area contributed by atoms with Gasteiger partial charge in [-0.25, -0.2) is 0 Å². The molecule has 1 saturated heterocycles. The van der Waals surface area contributed by atoms with Gasteiger partial charge in [0.2, 0.25) is 0 Å². The van der Waals surface area contributed by atoms with Crippen molar-refractivity contribution in [3.63, 3.8) is 0 Å². The van der Waals surface area contributed by atoms with E-state index in [9.17, 15) is 4.79 Å². The third kappa shape index (κ3) is 2.91. The number of likely N-dealkylation sites (tertiary alicyclic amines) is 1. The summed E-state index contributed by atoms with van der Waals surface area (Å²) < 4.78 is 0. The normalized spacial score (nSPS) is 26.1. The van der Waals surface area contributed by atoms with Crippen molar-refractivity contribution in [1.29, 1.82) is 0 Å². The Morgan fingerprint density at radius 3 is 2.61 bits per heavy atom. The molecule has 18 heavy (non-hydrogen) atoms. The molecule has 1 aromatic carbocycles. The molecule has 0 saturated carbocycles. The van der Waals surface area contributed by atoms with Crippen LogP contribution in [0.3, 0.4) is 0 Å². The molecule has 1 aromatic rings. The summed E-state index contributed by atoms with van der Waals surface area (Å²) in [6.45, 7) is 6.76. The predicted octanol–water partition coefficient (Wildman–Crippen LogP) is 2.44. The molecule has 0 radical (unpaired) electrons. The van der Waals surface area contributed by atoms with E-state index in [1.54, 1.807) is 0 Å². The van der Waals surface area contributed by atoms with E-state index in [0.29, 0.717) is 12.5 Å². The van der Waals surface area contributed by atoms with Crippen molar-refractivity contribution in [3.05, 3.63) is 35.9 Å². The summed E-state index contributed by atoms with van der Waals surface area (Å²) in [5.41, 5.74) is 1.32. The fourth-order valence-electron chi connectivity index (χ4n) is 2.81. The van der Waals surface area contributed by atoms with Crippen LogP contribution in [0.5, 0.6) is 0 Å². The molecule has 1 N–H and O–H groups in total. The monoisotopic (exact) mass is 247 g/mol. The maximum Gasteiger partial charge on any atom is 0.308 e. The molecule has 0 amide bonds. The van der Waals surface area contributed by atoms with Crippen LogP contribution in [0.4, 0.5) is 0 Å². The van der Waals surface area contributed by atoms with Gasteiger partial charge in [-0.15, -0.1) is 0 Å². The minimum atomic E-state index is -0.655. The van der Waals surface area contributed by atoms with Gasteiger partial charge in [-0.2, -0.15) is 0 Å². The maximum atomic E-state index is 11.1. The third-order valence-electron chi connectivity index (χ3n) is 3.91. The second-order valence-corrected chi connectivity index (χ2v) is 5.45. The lowest BCUT2D eigenvalue weighted by Gasteiger charge is -2.20. The molecule has 3 nitrogen and oxygen atoms in total. The summed E-state index contributed by atoms with van der Waals surface area (Å²) >= 11 is 0. The van der Waals surface area contributed by atoms with Gasteiger partial charge < -0.3 is 10.0 Å². The molecule has 1 unspecified atom stereocenters. The maximum absolute atomic E-state index is 11.1.